The molecule has 0 fully saturated rings. The van der Waals surface area contributed by atoms with Crippen LogP contribution in [-0.2, 0) is 0 Å². The highest BCUT2D eigenvalue weighted by molar-refractivity contribution is 7.80. The zero-order chi connectivity index (χ0) is 13.1. The molecule has 0 saturated heterocycles. The van der Waals surface area contributed by atoms with Crippen LogP contribution in [0.5, 0.6) is 0 Å². The van der Waals surface area contributed by atoms with Crippen LogP contribution in [0.2, 0.25) is 5.02 Å². The summed E-state index contributed by atoms with van der Waals surface area (Å²) in [5, 5.41) is 3.47. The number of para-hydroxylation sites is 1. The molecule has 5 heteroatoms. The second kappa shape index (κ2) is 5.33. The molecule has 0 atom stereocenters. The molecule has 0 spiro atoms. The maximum absolute atomic E-state index is 13.5. The molecule has 0 aliphatic rings. The van der Waals surface area contributed by atoms with E-state index in [1.165, 1.54) is 6.07 Å². The van der Waals surface area contributed by atoms with Gasteiger partial charge in [0.15, 0.2) is 0 Å². The Morgan fingerprint density at radius 1 is 1.17 bits per heavy atom. The first-order chi connectivity index (χ1) is 8.58. The van der Waals surface area contributed by atoms with Crippen LogP contribution in [0.15, 0.2) is 42.5 Å². The summed E-state index contributed by atoms with van der Waals surface area (Å²) in [7, 11) is 0. The molecule has 92 valence electrons. The van der Waals surface area contributed by atoms with E-state index in [2.05, 4.69) is 5.32 Å². The van der Waals surface area contributed by atoms with Gasteiger partial charge in [-0.3, -0.25) is 0 Å². The van der Waals surface area contributed by atoms with Crippen molar-refractivity contribution in [2.45, 2.75) is 0 Å². The number of anilines is 2. The first-order valence-corrected chi connectivity index (χ1v) is 5.97. The second-order valence-electron chi connectivity index (χ2n) is 3.66. The summed E-state index contributed by atoms with van der Waals surface area (Å²) >= 11 is 10.8. The Labute approximate surface area is 115 Å². The zero-order valence-electron chi connectivity index (χ0n) is 9.28. The quantitative estimate of drug-likeness (QED) is 0.839. The third-order valence-electron chi connectivity index (χ3n) is 2.39. The summed E-state index contributed by atoms with van der Waals surface area (Å²) in [6.45, 7) is 0. The van der Waals surface area contributed by atoms with Gasteiger partial charge in [0.05, 0.1) is 5.69 Å². The average Bonchev–Trinajstić information content (AvgIpc) is 2.34. The van der Waals surface area contributed by atoms with Gasteiger partial charge in [0.25, 0.3) is 0 Å². The van der Waals surface area contributed by atoms with Crippen LogP contribution < -0.4 is 11.1 Å². The van der Waals surface area contributed by atoms with E-state index in [0.717, 1.165) is 0 Å². The maximum Gasteiger partial charge on any atom is 0.146 e. The largest absolute Gasteiger partial charge is 0.389 e. The summed E-state index contributed by atoms with van der Waals surface area (Å²) in [4.78, 5) is 0.205. The Kier molecular flexibility index (Phi) is 3.79. The molecule has 0 amide bonds. The molecule has 0 heterocycles. The van der Waals surface area contributed by atoms with Gasteiger partial charge < -0.3 is 11.1 Å². The monoisotopic (exact) mass is 280 g/mol. The molecule has 3 N–H and O–H groups in total. The van der Waals surface area contributed by atoms with Gasteiger partial charge in [0, 0.05) is 16.3 Å². The Hall–Kier alpha value is -1.65. The van der Waals surface area contributed by atoms with E-state index in [-0.39, 0.29) is 10.8 Å². The van der Waals surface area contributed by atoms with Gasteiger partial charge in [0.2, 0.25) is 0 Å². The molecule has 2 aromatic carbocycles. The molecule has 2 aromatic rings. The number of hydrogen-bond donors (Lipinski definition) is 2. The van der Waals surface area contributed by atoms with Crippen molar-refractivity contribution in [3.05, 3.63) is 58.9 Å². The topological polar surface area (TPSA) is 38.0 Å². The van der Waals surface area contributed by atoms with Crippen LogP contribution in [0.25, 0.3) is 0 Å². The molecule has 2 nitrogen and oxygen atoms in total. The lowest BCUT2D eigenvalue weighted by Gasteiger charge is -2.12. The highest BCUT2D eigenvalue weighted by Gasteiger charge is 2.08. The van der Waals surface area contributed by atoms with Gasteiger partial charge in [-0.2, -0.15) is 0 Å². The van der Waals surface area contributed by atoms with Crippen LogP contribution in [-0.4, -0.2) is 4.99 Å². The molecule has 0 saturated carbocycles. The molecular weight excluding hydrogens is 271 g/mol. The molecule has 0 aliphatic carbocycles. The Morgan fingerprint density at radius 2 is 1.89 bits per heavy atom. The average molecular weight is 281 g/mol. The summed E-state index contributed by atoms with van der Waals surface area (Å²) in [6.07, 6.45) is 0. The van der Waals surface area contributed by atoms with Crippen molar-refractivity contribution in [1.29, 1.82) is 0 Å². The van der Waals surface area contributed by atoms with Gasteiger partial charge in [-0.05, 0) is 30.3 Å². The molecule has 0 aromatic heterocycles. The summed E-state index contributed by atoms with van der Waals surface area (Å²) in [6, 6.07) is 11.4. The van der Waals surface area contributed by atoms with Crippen molar-refractivity contribution < 1.29 is 4.39 Å². The SMILES string of the molecule is NC(=S)c1cc(Cl)ccc1Nc1ccccc1F. The molecule has 18 heavy (non-hydrogen) atoms. The first-order valence-electron chi connectivity index (χ1n) is 5.19. The normalized spacial score (nSPS) is 10.1. The fraction of sp³-hybridized carbons (Fsp3) is 0. The van der Waals surface area contributed by atoms with Gasteiger partial charge in [0.1, 0.15) is 10.8 Å². The van der Waals surface area contributed by atoms with E-state index in [4.69, 9.17) is 29.6 Å². The van der Waals surface area contributed by atoms with Crippen molar-refractivity contribution in [2.24, 2.45) is 5.73 Å². The lowest BCUT2D eigenvalue weighted by atomic mass is 10.1. The molecule has 0 unspecified atom stereocenters. The van der Waals surface area contributed by atoms with Crippen molar-refractivity contribution in [3.63, 3.8) is 0 Å². The van der Waals surface area contributed by atoms with Crippen LogP contribution >= 0.6 is 23.8 Å². The summed E-state index contributed by atoms with van der Waals surface area (Å²) in [5.41, 5.74) is 7.18. The fourth-order valence-electron chi connectivity index (χ4n) is 1.54. The number of halogens is 2. The van der Waals surface area contributed by atoms with Gasteiger partial charge in [-0.1, -0.05) is 36.0 Å². The number of hydrogen-bond acceptors (Lipinski definition) is 2. The lowest BCUT2D eigenvalue weighted by molar-refractivity contribution is 0.632. The predicted octanol–water partition coefficient (Wildman–Crippen LogP) is 3.86. The Bertz CT molecular complexity index is 601. The Balaban J connectivity index is 2.41. The van der Waals surface area contributed by atoms with Crippen LogP contribution in [0.4, 0.5) is 15.8 Å². The third kappa shape index (κ3) is 2.78. The smallest absolute Gasteiger partial charge is 0.146 e. The van der Waals surface area contributed by atoms with Crippen molar-refractivity contribution in [3.8, 4) is 0 Å². The summed E-state index contributed by atoms with van der Waals surface area (Å²) in [5.74, 6) is -0.346. The van der Waals surface area contributed by atoms with Gasteiger partial charge in [-0.25, -0.2) is 4.39 Å². The first kappa shape index (κ1) is 12.8. The Morgan fingerprint density at radius 3 is 2.56 bits per heavy atom. The molecule has 0 bridgehead atoms. The minimum atomic E-state index is -0.346. The fourth-order valence-corrected chi connectivity index (χ4v) is 1.88. The van der Waals surface area contributed by atoms with E-state index >= 15 is 0 Å². The minimum absolute atomic E-state index is 0.205. The second-order valence-corrected chi connectivity index (χ2v) is 4.54. The lowest BCUT2D eigenvalue weighted by Crippen LogP contribution is -2.12. The minimum Gasteiger partial charge on any atom is -0.389 e. The molecule has 0 radical (unpaired) electrons. The number of rotatable bonds is 3. The molecule has 2 rings (SSSR count). The summed E-state index contributed by atoms with van der Waals surface area (Å²) < 4.78 is 13.5. The van der Waals surface area contributed by atoms with E-state index in [9.17, 15) is 4.39 Å². The van der Waals surface area contributed by atoms with E-state index in [1.807, 2.05) is 0 Å². The van der Waals surface area contributed by atoms with E-state index in [0.29, 0.717) is 22.0 Å². The van der Waals surface area contributed by atoms with Crippen molar-refractivity contribution >= 4 is 40.2 Å². The number of nitrogens with two attached hydrogens (primary N) is 1. The molecular formula is C13H10ClFN2S. The predicted molar refractivity (Wildman–Crippen MR) is 77.0 cm³/mol. The van der Waals surface area contributed by atoms with Crippen molar-refractivity contribution in [2.75, 3.05) is 5.32 Å². The maximum atomic E-state index is 13.5. The van der Waals surface area contributed by atoms with Gasteiger partial charge in [-0.15, -0.1) is 0 Å². The standard InChI is InChI=1S/C13H10ClFN2S/c14-8-5-6-11(9(7-8)13(16)18)17-12-4-2-1-3-10(12)15/h1-7,17H,(H2,16,18). The highest BCUT2D eigenvalue weighted by atomic mass is 35.5. The molecule has 0 aliphatic heterocycles. The number of benzene rings is 2. The third-order valence-corrected chi connectivity index (χ3v) is 2.85. The van der Waals surface area contributed by atoms with E-state index in [1.54, 1.807) is 36.4 Å². The van der Waals surface area contributed by atoms with Crippen LogP contribution in [0.3, 0.4) is 0 Å². The highest BCUT2D eigenvalue weighted by Crippen LogP contribution is 2.25. The van der Waals surface area contributed by atoms with Gasteiger partial charge >= 0.3 is 0 Å². The number of nitrogens with one attached hydrogen (secondary N) is 1. The van der Waals surface area contributed by atoms with Crippen LogP contribution in [0, 0.1) is 5.82 Å². The number of thiocarbonyl (C=S) groups is 1. The van der Waals surface area contributed by atoms with E-state index < -0.39 is 0 Å². The van der Waals surface area contributed by atoms with Crippen molar-refractivity contribution in [1.82, 2.24) is 0 Å². The zero-order valence-corrected chi connectivity index (χ0v) is 10.9. The van der Waals surface area contributed by atoms with Crippen LogP contribution in [0.1, 0.15) is 5.56 Å².